The van der Waals surface area contributed by atoms with Crippen LogP contribution < -0.4 is 0 Å². The molecule has 1 aliphatic rings. The molecule has 0 bridgehead atoms. The molecule has 1 aromatic carbocycles. The van der Waals surface area contributed by atoms with Crippen molar-refractivity contribution < 1.29 is 9.31 Å². The highest BCUT2D eigenvalue weighted by Crippen LogP contribution is 2.30. The molecule has 0 aromatic heterocycles. The number of nitro groups is 1. The minimum Gasteiger partial charge on any atom is -0.294 e. The minimum absolute atomic E-state index is 0.123. The van der Waals surface area contributed by atoms with Gasteiger partial charge in [0.25, 0.3) is 0 Å². The van der Waals surface area contributed by atoms with E-state index in [2.05, 4.69) is 18.7 Å². The van der Waals surface area contributed by atoms with E-state index in [1.54, 1.807) is 6.07 Å². The Balaban J connectivity index is 2.16. The molecule has 5 heteroatoms. The van der Waals surface area contributed by atoms with Gasteiger partial charge in [0, 0.05) is 18.2 Å². The Bertz CT molecular complexity index is 474. The summed E-state index contributed by atoms with van der Waals surface area (Å²) < 4.78 is 13.5. The lowest BCUT2D eigenvalue weighted by atomic mass is 10.0. The van der Waals surface area contributed by atoms with E-state index in [1.165, 1.54) is 12.1 Å². The molecule has 0 atom stereocenters. The third kappa shape index (κ3) is 2.51. The summed E-state index contributed by atoms with van der Waals surface area (Å²) in [6.07, 6.45) is 2.27. The largest absolute Gasteiger partial charge is 0.304 e. The lowest BCUT2D eigenvalue weighted by Gasteiger charge is -2.31. The van der Waals surface area contributed by atoms with Gasteiger partial charge in [-0.3, -0.25) is 15.0 Å². The molecule has 4 nitrogen and oxygen atoms in total. The monoisotopic (exact) mass is 252 g/mol. The molecule has 2 rings (SSSR count). The van der Waals surface area contributed by atoms with Gasteiger partial charge in [-0.05, 0) is 44.9 Å². The highest BCUT2D eigenvalue weighted by Gasteiger charge is 2.31. The van der Waals surface area contributed by atoms with Crippen molar-refractivity contribution >= 4 is 5.69 Å². The van der Waals surface area contributed by atoms with Crippen LogP contribution in [0.1, 0.15) is 32.3 Å². The molecule has 0 N–H and O–H groups in total. The van der Waals surface area contributed by atoms with Crippen LogP contribution in [0, 0.1) is 15.9 Å². The maximum atomic E-state index is 13.5. The van der Waals surface area contributed by atoms with Crippen LogP contribution >= 0.6 is 0 Å². The fourth-order valence-corrected chi connectivity index (χ4v) is 2.47. The summed E-state index contributed by atoms with van der Waals surface area (Å²) in [6.45, 7) is 5.97. The van der Waals surface area contributed by atoms with Crippen LogP contribution in [0.3, 0.4) is 0 Å². The van der Waals surface area contributed by atoms with Crippen LogP contribution in [-0.2, 0) is 6.54 Å². The predicted octanol–water partition coefficient (Wildman–Crippen LogP) is 3.11. The first-order valence-corrected chi connectivity index (χ1v) is 6.08. The molecule has 0 amide bonds. The van der Waals surface area contributed by atoms with E-state index in [-0.39, 0.29) is 5.54 Å². The van der Waals surface area contributed by atoms with Gasteiger partial charge in [-0.1, -0.05) is 6.07 Å². The molecule has 0 aliphatic carbocycles. The molecule has 0 saturated carbocycles. The quantitative estimate of drug-likeness (QED) is 0.613. The number of rotatable bonds is 3. The van der Waals surface area contributed by atoms with Crippen LogP contribution in [-0.4, -0.2) is 21.9 Å². The zero-order chi connectivity index (χ0) is 13.3. The maximum Gasteiger partial charge on any atom is 0.304 e. The molecule has 1 heterocycles. The van der Waals surface area contributed by atoms with Crippen molar-refractivity contribution in [3.63, 3.8) is 0 Å². The predicted molar refractivity (Wildman–Crippen MR) is 66.8 cm³/mol. The van der Waals surface area contributed by atoms with Crippen molar-refractivity contribution in [2.45, 2.75) is 38.8 Å². The number of halogens is 1. The zero-order valence-electron chi connectivity index (χ0n) is 10.6. The first kappa shape index (κ1) is 13.0. The van der Waals surface area contributed by atoms with Crippen molar-refractivity contribution in [3.05, 3.63) is 39.7 Å². The van der Waals surface area contributed by atoms with Gasteiger partial charge in [0.05, 0.1) is 4.92 Å². The van der Waals surface area contributed by atoms with Crippen molar-refractivity contribution in [3.8, 4) is 0 Å². The van der Waals surface area contributed by atoms with Gasteiger partial charge in [0.2, 0.25) is 5.82 Å². The second-order valence-electron chi connectivity index (χ2n) is 5.38. The molecular weight excluding hydrogens is 235 g/mol. The summed E-state index contributed by atoms with van der Waals surface area (Å²) in [5.41, 5.74) is 0.450. The Labute approximate surface area is 106 Å². The highest BCUT2D eigenvalue weighted by molar-refractivity contribution is 5.35. The van der Waals surface area contributed by atoms with Crippen LogP contribution in [0.2, 0.25) is 0 Å². The second-order valence-corrected chi connectivity index (χ2v) is 5.38. The smallest absolute Gasteiger partial charge is 0.294 e. The molecule has 1 aliphatic heterocycles. The fourth-order valence-electron chi connectivity index (χ4n) is 2.47. The van der Waals surface area contributed by atoms with Crippen LogP contribution in [0.15, 0.2) is 18.2 Å². The first-order chi connectivity index (χ1) is 8.40. The van der Waals surface area contributed by atoms with Crippen molar-refractivity contribution in [1.82, 2.24) is 4.90 Å². The Morgan fingerprint density at radius 3 is 2.72 bits per heavy atom. The molecule has 0 radical (unpaired) electrons. The van der Waals surface area contributed by atoms with Gasteiger partial charge in [-0.25, -0.2) is 0 Å². The Morgan fingerprint density at radius 2 is 2.22 bits per heavy atom. The molecule has 1 aromatic rings. The van der Waals surface area contributed by atoms with E-state index in [0.717, 1.165) is 24.9 Å². The van der Waals surface area contributed by atoms with Crippen molar-refractivity contribution in [2.24, 2.45) is 0 Å². The van der Waals surface area contributed by atoms with Crippen LogP contribution in [0.4, 0.5) is 10.1 Å². The minimum atomic E-state index is -0.755. The molecule has 1 fully saturated rings. The first-order valence-electron chi connectivity index (χ1n) is 6.08. The highest BCUT2D eigenvalue weighted by atomic mass is 19.1. The topological polar surface area (TPSA) is 46.4 Å². The molecule has 98 valence electrons. The number of hydrogen-bond donors (Lipinski definition) is 0. The summed E-state index contributed by atoms with van der Waals surface area (Å²) in [4.78, 5) is 12.1. The third-order valence-electron chi connectivity index (χ3n) is 3.65. The molecule has 18 heavy (non-hydrogen) atoms. The number of nitro benzene ring substituents is 1. The van der Waals surface area contributed by atoms with E-state index >= 15 is 0 Å². The summed E-state index contributed by atoms with van der Waals surface area (Å²) in [7, 11) is 0. The van der Waals surface area contributed by atoms with E-state index < -0.39 is 16.4 Å². The Morgan fingerprint density at radius 1 is 1.50 bits per heavy atom. The summed E-state index contributed by atoms with van der Waals surface area (Å²) in [6, 6.07) is 4.15. The van der Waals surface area contributed by atoms with Gasteiger partial charge in [-0.15, -0.1) is 0 Å². The van der Waals surface area contributed by atoms with E-state index in [4.69, 9.17) is 0 Å². The van der Waals surface area contributed by atoms with E-state index in [9.17, 15) is 14.5 Å². The second kappa shape index (κ2) is 4.65. The molecule has 0 unspecified atom stereocenters. The number of benzene rings is 1. The summed E-state index contributed by atoms with van der Waals surface area (Å²) in [5, 5.41) is 10.5. The Kier molecular flexibility index (Phi) is 3.34. The third-order valence-corrected chi connectivity index (χ3v) is 3.65. The SMILES string of the molecule is CC1(C)CCCN1Cc1ccc([N+](=O)[O-])c(F)c1. The van der Waals surface area contributed by atoms with E-state index in [1.807, 2.05) is 0 Å². The average molecular weight is 252 g/mol. The molecule has 0 spiro atoms. The van der Waals surface area contributed by atoms with Crippen molar-refractivity contribution in [2.75, 3.05) is 6.54 Å². The number of likely N-dealkylation sites (tertiary alicyclic amines) is 1. The normalized spacial score (nSPS) is 19.1. The van der Waals surface area contributed by atoms with Gasteiger partial charge < -0.3 is 0 Å². The van der Waals surface area contributed by atoms with Gasteiger partial charge >= 0.3 is 5.69 Å². The fraction of sp³-hybridized carbons (Fsp3) is 0.538. The van der Waals surface area contributed by atoms with Crippen LogP contribution in [0.25, 0.3) is 0 Å². The zero-order valence-corrected chi connectivity index (χ0v) is 10.6. The van der Waals surface area contributed by atoms with Crippen molar-refractivity contribution in [1.29, 1.82) is 0 Å². The summed E-state index contributed by atoms with van der Waals surface area (Å²) >= 11 is 0. The summed E-state index contributed by atoms with van der Waals surface area (Å²) in [5.74, 6) is -0.755. The number of nitrogens with zero attached hydrogens (tertiary/aromatic N) is 2. The standard InChI is InChI=1S/C13H17FN2O2/c1-13(2)6-3-7-15(13)9-10-4-5-12(16(17)18)11(14)8-10/h4-5,8H,3,6-7,9H2,1-2H3. The van der Waals surface area contributed by atoms with Crippen LogP contribution in [0.5, 0.6) is 0 Å². The molecule has 1 saturated heterocycles. The van der Waals surface area contributed by atoms with Gasteiger partial charge in [-0.2, -0.15) is 4.39 Å². The van der Waals surface area contributed by atoms with E-state index in [0.29, 0.717) is 6.54 Å². The van der Waals surface area contributed by atoms with Gasteiger partial charge in [0.1, 0.15) is 0 Å². The number of hydrogen-bond acceptors (Lipinski definition) is 3. The Hall–Kier alpha value is -1.49. The maximum absolute atomic E-state index is 13.5. The molecular formula is C13H17FN2O2. The lowest BCUT2D eigenvalue weighted by molar-refractivity contribution is -0.387. The average Bonchev–Trinajstić information content (AvgIpc) is 2.58. The van der Waals surface area contributed by atoms with Gasteiger partial charge in [0.15, 0.2) is 0 Å². The lowest BCUT2D eigenvalue weighted by Crippen LogP contribution is -2.37.